The Morgan fingerprint density at radius 1 is 1.44 bits per heavy atom. The molecule has 0 unspecified atom stereocenters. The lowest BCUT2D eigenvalue weighted by atomic mass is 10.2. The number of halogens is 2. The van der Waals surface area contributed by atoms with Crippen LogP contribution in [0.4, 0.5) is 0 Å². The Morgan fingerprint density at radius 2 is 2.12 bits per heavy atom. The molecule has 3 nitrogen and oxygen atoms in total. The Bertz CT molecular complexity index is 430. The lowest BCUT2D eigenvalue weighted by Gasteiger charge is -2.13. The van der Waals surface area contributed by atoms with E-state index in [1.807, 2.05) is 6.07 Å². The number of carboxylic acid groups (broad SMARTS) is 1. The predicted octanol–water partition coefficient (Wildman–Crippen LogP) is 2.70. The van der Waals surface area contributed by atoms with Crippen LogP contribution >= 0.6 is 23.2 Å². The van der Waals surface area contributed by atoms with Crippen molar-refractivity contribution in [2.24, 2.45) is 0 Å². The molecule has 2 N–H and O–H groups in total. The molecule has 0 saturated heterocycles. The highest BCUT2D eigenvalue weighted by molar-refractivity contribution is 6.42. The first-order valence-electron chi connectivity index (χ1n) is 4.96. The molecule has 0 heterocycles. The van der Waals surface area contributed by atoms with Crippen LogP contribution in [0.5, 0.6) is 0 Å². The number of nitrogens with one attached hydrogen (secondary N) is 1. The summed E-state index contributed by atoms with van der Waals surface area (Å²) in [5.74, 6) is -0.800. The number of hydrogen-bond donors (Lipinski definition) is 2. The van der Waals surface area contributed by atoms with Crippen molar-refractivity contribution < 1.29 is 9.90 Å². The van der Waals surface area contributed by atoms with Gasteiger partial charge in [-0.05, 0) is 24.5 Å². The zero-order chi connectivity index (χ0) is 11.8. The van der Waals surface area contributed by atoms with Gasteiger partial charge < -0.3 is 5.11 Å². The van der Waals surface area contributed by atoms with Gasteiger partial charge in [-0.3, -0.25) is 10.1 Å². The third-order valence-electron chi connectivity index (χ3n) is 2.81. The van der Waals surface area contributed by atoms with Crippen LogP contribution in [0.15, 0.2) is 18.2 Å². The molecular formula is C11H11Cl2NO2. The van der Waals surface area contributed by atoms with Crippen LogP contribution in [0.25, 0.3) is 0 Å². The fourth-order valence-corrected chi connectivity index (χ4v) is 1.93. The van der Waals surface area contributed by atoms with E-state index in [2.05, 4.69) is 5.32 Å². The van der Waals surface area contributed by atoms with Gasteiger partial charge in [0, 0.05) is 6.54 Å². The fourth-order valence-electron chi connectivity index (χ4n) is 1.54. The molecule has 1 saturated carbocycles. The minimum Gasteiger partial charge on any atom is -0.480 e. The molecule has 5 heteroatoms. The van der Waals surface area contributed by atoms with Crippen LogP contribution in [-0.2, 0) is 11.3 Å². The van der Waals surface area contributed by atoms with Gasteiger partial charge in [-0.25, -0.2) is 0 Å². The van der Waals surface area contributed by atoms with E-state index < -0.39 is 11.5 Å². The van der Waals surface area contributed by atoms with E-state index in [-0.39, 0.29) is 0 Å². The second kappa shape index (κ2) is 4.24. The summed E-state index contributed by atoms with van der Waals surface area (Å²) in [4.78, 5) is 10.9. The number of carboxylic acids is 1. The molecule has 1 aliphatic carbocycles. The van der Waals surface area contributed by atoms with Crippen molar-refractivity contribution >= 4 is 29.2 Å². The van der Waals surface area contributed by atoms with Gasteiger partial charge >= 0.3 is 5.97 Å². The van der Waals surface area contributed by atoms with Crippen molar-refractivity contribution in [3.05, 3.63) is 33.8 Å². The molecule has 1 aromatic carbocycles. The number of carbonyl (C=O) groups is 1. The fraction of sp³-hybridized carbons (Fsp3) is 0.364. The first-order chi connectivity index (χ1) is 7.55. The second-order valence-electron chi connectivity index (χ2n) is 3.95. The Hall–Kier alpha value is -0.770. The summed E-state index contributed by atoms with van der Waals surface area (Å²) in [6.07, 6.45) is 1.33. The summed E-state index contributed by atoms with van der Waals surface area (Å²) >= 11 is 11.9. The van der Waals surface area contributed by atoms with E-state index in [9.17, 15) is 4.79 Å². The maximum atomic E-state index is 10.9. The minimum atomic E-state index is -0.800. The van der Waals surface area contributed by atoms with Gasteiger partial charge in [0.1, 0.15) is 5.54 Å². The standard InChI is InChI=1S/C11H11Cl2NO2/c12-8-3-1-2-7(9(8)13)6-14-11(4-5-11)10(15)16/h1-3,14H,4-6H2,(H,15,16). The average Bonchev–Trinajstić information content (AvgIpc) is 3.01. The molecule has 86 valence electrons. The van der Waals surface area contributed by atoms with E-state index in [1.54, 1.807) is 12.1 Å². The minimum absolute atomic E-state index is 0.422. The van der Waals surface area contributed by atoms with E-state index >= 15 is 0 Å². The molecule has 0 bridgehead atoms. The van der Waals surface area contributed by atoms with E-state index in [0.717, 1.165) is 5.56 Å². The van der Waals surface area contributed by atoms with Crippen LogP contribution in [-0.4, -0.2) is 16.6 Å². The molecule has 0 spiro atoms. The maximum absolute atomic E-state index is 10.9. The van der Waals surface area contributed by atoms with Crippen LogP contribution in [0.1, 0.15) is 18.4 Å². The third kappa shape index (κ3) is 2.17. The first-order valence-corrected chi connectivity index (χ1v) is 5.72. The highest BCUT2D eigenvalue weighted by Crippen LogP contribution is 2.36. The van der Waals surface area contributed by atoms with Crippen molar-refractivity contribution in [2.75, 3.05) is 0 Å². The summed E-state index contributed by atoms with van der Waals surface area (Å²) < 4.78 is 0. The smallest absolute Gasteiger partial charge is 0.323 e. The zero-order valence-electron chi connectivity index (χ0n) is 8.46. The molecule has 2 rings (SSSR count). The highest BCUT2D eigenvalue weighted by Gasteiger charge is 2.49. The number of rotatable bonds is 4. The van der Waals surface area contributed by atoms with Gasteiger partial charge in [-0.1, -0.05) is 35.3 Å². The molecule has 0 aliphatic heterocycles. The lowest BCUT2D eigenvalue weighted by molar-refractivity contribution is -0.140. The van der Waals surface area contributed by atoms with E-state index in [0.29, 0.717) is 29.4 Å². The van der Waals surface area contributed by atoms with Crippen LogP contribution < -0.4 is 5.32 Å². The Kier molecular flexibility index (Phi) is 3.10. The average molecular weight is 260 g/mol. The van der Waals surface area contributed by atoms with Gasteiger partial charge in [0.05, 0.1) is 10.0 Å². The largest absolute Gasteiger partial charge is 0.480 e. The van der Waals surface area contributed by atoms with Gasteiger partial charge in [0.15, 0.2) is 0 Å². The second-order valence-corrected chi connectivity index (χ2v) is 4.74. The summed E-state index contributed by atoms with van der Waals surface area (Å²) in [5.41, 5.74) is 0.0766. The molecule has 1 aromatic rings. The normalized spacial score (nSPS) is 17.1. The molecule has 1 aliphatic rings. The van der Waals surface area contributed by atoms with Gasteiger partial charge in [0.25, 0.3) is 0 Å². The van der Waals surface area contributed by atoms with Gasteiger partial charge in [-0.2, -0.15) is 0 Å². The molecule has 0 aromatic heterocycles. The summed E-state index contributed by atoms with van der Waals surface area (Å²) in [5, 5.41) is 13.0. The Balaban J connectivity index is 2.06. The van der Waals surface area contributed by atoms with Crippen LogP contribution in [0.3, 0.4) is 0 Å². The molecule has 1 fully saturated rings. The number of aliphatic carboxylic acids is 1. The zero-order valence-corrected chi connectivity index (χ0v) is 9.98. The quantitative estimate of drug-likeness (QED) is 0.875. The van der Waals surface area contributed by atoms with Crippen molar-refractivity contribution in [3.63, 3.8) is 0 Å². The number of hydrogen-bond acceptors (Lipinski definition) is 2. The molecule has 16 heavy (non-hydrogen) atoms. The van der Waals surface area contributed by atoms with E-state index in [1.165, 1.54) is 0 Å². The predicted molar refractivity (Wildman–Crippen MR) is 62.9 cm³/mol. The Labute approximate surface area is 103 Å². The van der Waals surface area contributed by atoms with E-state index in [4.69, 9.17) is 28.3 Å². The Morgan fingerprint density at radius 3 is 2.69 bits per heavy atom. The van der Waals surface area contributed by atoms with Crippen LogP contribution in [0, 0.1) is 0 Å². The molecule has 0 atom stereocenters. The third-order valence-corrected chi connectivity index (χ3v) is 3.67. The summed E-state index contributed by atoms with van der Waals surface area (Å²) in [7, 11) is 0. The first kappa shape index (κ1) is 11.7. The monoisotopic (exact) mass is 259 g/mol. The van der Waals surface area contributed by atoms with Crippen molar-refractivity contribution in [3.8, 4) is 0 Å². The van der Waals surface area contributed by atoms with Crippen LogP contribution in [0.2, 0.25) is 10.0 Å². The highest BCUT2D eigenvalue weighted by atomic mass is 35.5. The molecular weight excluding hydrogens is 249 g/mol. The maximum Gasteiger partial charge on any atom is 0.323 e. The van der Waals surface area contributed by atoms with Crippen molar-refractivity contribution in [1.29, 1.82) is 0 Å². The van der Waals surface area contributed by atoms with Gasteiger partial charge in [0.2, 0.25) is 0 Å². The summed E-state index contributed by atoms with van der Waals surface area (Å²) in [6, 6.07) is 5.34. The number of benzene rings is 1. The van der Waals surface area contributed by atoms with Gasteiger partial charge in [-0.15, -0.1) is 0 Å². The SMILES string of the molecule is O=C(O)C1(NCc2cccc(Cl)c2Cl)CC1. The topological polar surface area (TPSA) is 49.3 Å². The van der Waals surface area contributed by atoms with Crippen molar-refractivity contribution in [1.82, 2.24) is 5.32 Å². The van der Waals surface area contributed by atoms with Crippen molar-refractivity contribution in [2.45, 2.75) is 24.9 Å². The molecule has 0 radical (unpaired) electrons. The molecule has 0 amide bonds. The lowest BCUT2D eigenvalue weighted by Crippen LogP contribution is -2.38. The summed E-state index contributed by atoms with van der Waals surface area (Å²) in [6.45, 7) is 0.422.